The summed E-state index contributed by atoms with van der Waals surface area (Å²) in [6, 6.07) is 5.55. The number of piperazine rings is 1. The lowest BCUT2D eigenvalue weighted by molar-refractivity contribution is -0.134. The molecule has 0 radical (unpaired) electrons. The van der Waals surface area contributed by atoms with Gasteiger partial charge in [-0.1, -0.05) is 25.4 Å². The van der Waals surface area contributed by atoms with Crippen molar-refractivity contribution in [2.45, 2.75) is 13.8 Å². The van der Waals surface area contributed by atoms with Gasteiger partial charge in [-0.3, -0.25) is 4.79 Å². The Bertz CT molecular complexity index is 468. The van der Waals surface area contributed by atoms with Crippen molar-refractivity contribution in [1.29, 1.82) is 0 Å². The minimum Gasteiger partial charge on any atom is -0.397 e. The van der Waals surface area contributed by atoms with Crippen LogP contribution in [0.2, 0.25) is 5.02 Å². The van der Waals surface area contributed by atoms with Crippen LogP contribution in [0.3, 0.4) is 0 Å². The quantitative estimate of drug-likeness (QED) is 0.846. The van der Waals surface area contributed by atoms with Crippen molar-refractivity contribution < 1.29 is 4.79 Å². The molecular formula is C14H20ClN3O. The van der Waals surface area contributed by atoms with Gasteiger partial charge >= 0.3 is 0 Å². The lowest BCUT2D eigenvalue weighted by Gasteiger charge is -2.37. The highest BCUT2D eigenvalue weighted by Crippen LogP contribution is 2.27. The number of benzene rings is 1. The molecule has 0 aliphatic carbocycles. The van der Waals surface area contributed by atoms with Crippen molar-refractivity contribution in [3.8, 4) is 0 Å². The summed E-state index contributed by atoms with van der Waals surface area (Å²) < 4.78 is 0. The van der Waals surface area contributed by atoms with Gasteiger partial charge in [0.15, 0.2) is 0 Å². The number of amides is 1. The van der Waals surface area contributed by atoms with Crippen molar-refractivity contribution in [3.05, 3.63) is 23.2 Å². The Morgan fingerprint density at radius 1 is 1.26 bits per heavy atom. The molecule has 5 heteroatoms. The highest BCUT2D eigenvalue weighted by atomic mass is 35.5. The van der Waals surface area contributed by atoms with Crippen LogP contribution in [0.25, 0.3) is 0 Å². The molecule has 1 aliphatic rings. The standard InChI is InChI=1S/C14H20ClN3O/c1-10(2)14(19)18-7-5-17(6-8-18)13-4-3-11(15)9-12(13)16/h3-4,9-10H,5-8,16H2,1-2H3. The lowest BCUT2D eigenvalue weighted by Crippen LogP contribution is -2.50. The third-order valence-corrected chi connectivity index (χ3v) is 3.65. The zero-order chi connectivity index (χ0) is 14.0. The van der Waals surface area contributed by atoms with E-state index in [9.17, 15) is 4.79 Å². The Morgan fingerprint density at radius 2 is 1.89 bits per heavy atom. The van der Waals surface area contributed by atoms with E-state index in [-0.39, 0.29) is 11.8 Å². The molecule has 0 spiro atoms. The molecule has 1 saturated heterocycles. The number of carbonyl (C=O) groups is 1. The summed E-state index contributed by atoms with van der Waals surface area (Å²) in [7, 11) is 0. The Kier molecular flexibility index (Phi) is 4.20. The average molecular weight is 282 g/mol. The van der Waals surface area contributed by atoms with Gasteiger partial charge in [0.05, 0.1) is 11.4 Å². The molecule has 0 saturated carbocycles. The highest BCUT2D eigenvalue weighted by molar-refractivity contribution is 6.31. The molecule has 0 unspecified atom stereocenters. The molecule has 1 aliphatic heterocycles. The predicted molar refractivity (Wildman–Crippen MR) is 79.5 cm³/mol. The summed E-state index contributed by atoms with van der Waals surface area (Å²) in [6.45, 7) is 6.99. The maximum atomic E-state index is 11.9. The van der Waals surface area contributed by atoms with Crippen LogP contribution in [0.5, 0.6) is 0 Å². The number of carbonyl (C=O) groups excluding carboxylic acids is 1. The molecule has 2 N–H and O–H groups in total. The minimum atomic E-state index is 0.0622. The molecule has 0 aromatic heterocycles. The highest BCUT2D eigenvalue weighted by Gasteiger charge is 2.23. The monoisotopic (exact) mass is 281 g/mol. The number of hydrogen-bond acceptors (Lipinski definition) is 3. The van der Waals surface area contributed by atoms with Crippen LogP contribution in [-0.4, -0.2) is 37.0 Å². The fraction of sp³-hybridized carbons (Fsp3) is 0.500. The van der Waals surface area contributed by atoms with E-state index in [1.54, 1.807) is 6.07 Å². The third kappa shape index (κ3) is 3.13. The summed E-state index contributed by atoms with van der Waals surface area (Å²) in [6.07, 6.45) is 0. The second-order valence-electron chi connectivity index (χ2n) is 5.17. The first kappa shape index (κ1) is 14.0. The molecule has 1 amide bonds. The van der Waals surface area contributed by atoms with Gasteiger partial charge in [0, 0.05) is 37.1 Å². The van der Waals surface area contributed by atoms with E-state index in [1.165, 1.54) is 0 Å². The van der Waals surface area contributed by atoms with Gasteiger partial charge in [0.2, 0.25) is 5.91 Å². The average Bonchev–Trinajstić information content (AvgIpc) is 2.38. The Labute approximate surface area is 119 Å². The molecule has 1 aromatic rings. The van der Waals surface area contributed by atoms with Gasteiger partial charge < -0.3 is 15.5 Å². The van der Waals surface area contributed by atoms with Crippen molar-refractivity contribution in [3.63, 3.8) is 0 Å². The zero-order valence-corrected chi connectivity index (χ0v) is 12.2. The topological polar surface area (TPSA) is 49.6 Å². The Morgan fingerprint density at radius 3 is 2.42 bits per heavy atom. The van der Waals surface area contributed by atoms with E-state index in [0.717, 1.165) is 31.9 Å². The smallest absolute Gasteiger partial charge is 0.225 e. The number of nitrogen functional groups attached to an aromatic ring is 1. The first-order valence-corrected chi connectivity index (χ1v) is 6.95. The molecule has 1 fully saturated rings. The molecule has 0 bridgehead atoms. The number of hydrogen-bond donors (Lipinski definition) is 1. The maximum Gasteiger partial charge on any atom is 0.225 e. The largest absolute Gasteiger partial charge is 0.397 e. The zero-order valence-electron chi connectivity index (χ0n) is 11.4. The summed E-state index contributed by atoms with van der Waals surface area (Å²) in [5, 5.41) is 0.648. The van der Waals surface area contributed by atoms with Crippen molar-refractivity contribution in [2.75, 3.05) is 36.8 Å². The first-order chi connectivity index (χ1) is 8.99. The molecule has 4 nitrogen and oxygen atoms in total. The van der Waals surface area contributed by atoms with E-state index in [2.05, 4.69) is 4.90 Å². The molecule has 1 heterocycles. The van der Waals surface area contributed by atoms with Gasteiger partial charge in [0.1, 0.15) is 0 Å². The molecule has 104 valence electrons. The third-order valence-electron chi connectivity index (χ3n) is 3.42. The minimum absolute atomic E-state index is 0.0622. The first-order valence-electron chi connectivity index (χ1n) is 6.58. The second-order valence-corrected chi connectivity index (χ2v) is 5.61. The number of halogens is 1. The van der Waals surface area contributed by atoms with E-state index in [1.807, 2.05) is 30.9 Å². The van der Waals surface area contributed by atoms with E-state index in [4.69, 9.17) is 17.3 Å². The SMILES string of the molecule is CC(C)C(=O)N1CCN(c2ccc(Cl)cc2N)CC1. The maximum absolute atomic E-state index is 11.9. The fourth-order valence-corrected chi connectivity index (χ4v) is 2.53. The molecular weight excluding hydrogens is 262 g/mol. The van der Waals surface area contributed by atoms with Crippen molar-refractivity contribution >= 4 is 28.9 Å². The van der Waals surface area contributed by atoms with Gasteiger partial charge in [-0.25, -0.2) is 0 Å². The summed E-state index contributed by atoms with van der Waals surface area (Å²) in [4.78, 5) is 16.0. The van der Waals surface area contributed by atoms with E-state index >= 15 is 0 Å². The van der Waals surface area contributed by atoms with Crippen LogP contribution < -0.4 is 10.6 Å². The van der Waals surface area contributed by atoms with Crippen LogP contribution in [0.1, 0.15) is 13.8 Å². The summed E-state index contributed by atoms with van der Waals surface area (Å²) >= 11 is 5.90. The van der Waals surface area contributed by atoms with Gasteiger partial charge in [0.25, 0.3) is 0 Å². The van der Waals surface area contributed by atoms with Crippen molar-refractivity contribution in [1.82, 2.24) is 4.90 Å². The fourth-order valence-electron chi connectivity index (χ4n) is 2.35. The summed E-state index contributed by atoms with van der Waals surface area (Å²) in [5.74, 6) is 0.288. The van der Waals surface area contributed by atoms with E-state index in [0.29, 0.717) is 10.7 Å². The van der Waals surface area contributed by atoms with E-state index < -0.39 is 0 Å². The van der Waals surface area contributed by atoms with Crippen LogP contribution in [0.4, 0.5) is 11.4 Å². The van der Waals surface area contributed by atoms with Crippen LogP contribution in [-0.2, 0) is 4.79 Å². The summed E-state index contributed by atoms with van der Waals surface area (Å²) in [5.41, 5.74) is 7.68. The van der Waals surface area contributed by atoms with Gasteiger partial charge in [-0.2, -0.15) is 0 Å². The molecule has 2 rings (SSSR count). The second kappa shape index (κ2) is 5.70. The number of anilines is 2. The van der Waals surface area contributed by atoms with Crippen molar-refractivity contribution in [2.24, 2.45) is 5.92 Å². The number of rotatable bonds is 2. The van der Waals surface area contributed by atoms with Gasteiger partial charge in [-0.15, -0.1) is 0 Å². The molecule has 1 aromatic carbocycles. The number of nitrogens with two attached hydrogens (primary N) is 1. The van der Waals surface area contributed by atoms with Crippen LogP contribution in [0, 0.1) is 5.92 Å². The predicted octanol–water partition coefficient (Wildman–Crippen LogP) is 2.23. The normalized spacial score (nSPS) is 16.0. The van der Waals surface area contributed by atoms with Crippen LogP contribution >= 0.6 is 11.6 Å². The number of nitrogens with zero attached hydrogens (tertiary/aromatic N) is 2. The van der Waals surface area contributed by atoms with Gasteiger partial charge in [-0.05, 0) is 18.2 Å². The lowest BCUT2D eigenvalue weighted by atomic mass is 10.1. The molecule has 0 atom stereocenters. The molecule has 19 heavy (non-hydrogen) atoms. The Balaban J connectivity index is 2.02. The van der Waals surface area contributed by atoms with Crippen LogP contribution in [0.15, 0.2) is 18.2 Å². The Hall–Kier alpha value is -1.42.